The molecule has 82 valence electrons. The van der Waals surface area contributed by atoms with Crippen LogP contribution in [0, 0.1) is 0 Å². The lowest BCUT2D eigenvalue weighted by Crippen LogP contribution is -2.51. The van der Waals surface area contributed by atoms with Gasteiger partial charge in [-0.25, -0.2) is 4.79 Å². The molecule has 0 rings (SSSR count). The number of hydrogen-bond acceptors (Lipinski definition) is 2. The van der Waals surface area contributed by atoms with E-state index in [0.717, 1.165) is 6.42 Å². The second kappa shape index (κ2) is 4.83. The summed E-state index contributed by atoms with van der Waals surface area (Å²) in [5.41, 5.74) is -0.317. The quantitative estimate of drug-likeness (QED) is 0.635. The Hall–Kier alpha value is -1.26. The fraction of sp³-hybridized carbons (Fsp3) is 0.778. The van der Waals surface area contributed by atoms with Gasteiger partial charge in [-0.1, -0.05) is 6.92 Å². The van der Waals surface area contributed by atoms with Crippen LogP contribution in [-0.4, -0.2) is 28.7 Å². The van der Waals surface area contributed by atoms with Crippen LogP contribution in [0.5, 0.6) is 0 Å². The molecule has 14 heavy (non-hydrogen) atoms. The maximum absolute atomic E-state index is 11.2. The van der Waals surface area contributed by atoms with E-state index in [4.69, 9.17) is 5.11 Å². The lowest BCUT2D eigenvalue weighted by atomic mass is 10.0. The molecule has 0 aromatic rings. The van der Waals surface area contributed by atoms with E-state index in [1.165, 1.54) is 6.92 Å². The van der Waals surface area contributed by atoms with Gasteiger partial charge in [-0.15, -0.1) is 0 Å². The van der Waals surface area contributed by atoms with Crippen LogP contribution in [0.4, 0.5) is 4.79 Å². The second-order valence-electron chi connectivity index (χ2n) is 3.90. The first-order valence-corrected chi connectivity index (χ1v) is 4.60. The maximum Gasteiger partial charge on any atom is 0.325 e. The lowest BCUT2D eigenvalue weighted by molar-refractivity contribution is -0.138. The molecule has 0 aromatic carbocycles. The molecule has 0 heterocycles. The normalized spacial score (nSPS) is 13.1. The summed E-state index contributed by atoms with van der Waals surface area (Å²) in [6.45, 7) is 7.11. The van der Waals surface area contributed by atoms with Crippen molar-refractivity contribution < 1.29 is 14.7 Å². The number of rotatable bonds is 4. The molecule has 0 unspecified atom stereocenters. The fourth-order valence-corrected chi connectivity index (χ4v) is 0.690. The standard InChI is InChI=1S/C9H18N2O3/c1-5-9(3,4)11-8(14)10-6(2)7(12)13/h6H,5H2,1-4H3,(H,12,13)(H2,10,11,14)/t6-/m0/s1. The third-order valence-electron chi connectivity index (χ3n) is 2.05. The molecule has 5 heteroatoms. The molecular weight excluding hydrogens is 184 g/mol. The van der Waals surface area contributed by atoms with Crippen molar-refractivity contribution in [3.8, 4) is 0 Å². The minimum atomic E-state index is -1.05. The van der Waals surface area contributed by atoms with Gasteiger partial charge in [0.15, 0.2) is 0 Å². The van der Waals surface area contributed by atoms with Crippen molar-refractivity contribution in [2.45, 2.75) is 45.7 Å². The van der Waals surface area contributed by atoms with Crippen molar-refractivity contribution in [1.82, 2.24) is 10.6 Å². The van der Waals surface area contributed by atoms with E-state index in [0.29, 0.717) is 0 Å². The summed E-state index contributed by atoms with van der Waals surface area (Å²) in [6.07, 6.45) is 0.780. The summed E-state index contributed by atoms with van der Waals surface area (Å²) in [7, 11) is 0. The van der Waals surface area contributed by atoms with Gasteiger partial charge in [-0.05, 0) is 27.2 Å². The predicted octanol–water partition coefficient (Wildman–Crippen LogP) is 0.947. The van der Waals surface area contributed by atoms with Crippen LogP contribution in [0.25, 0.3) is 0 Å². The Kier molecular flexibility index (Phi) is 4.40. The minimum Gasteiger partial charge on any atom is -0.480 e. The summed E-state index contributed by atoms with van der Waals surface area (Å²) in [6, 6.07) is -1.32. The number of carbonyl (C=O) groups is 2. The minimum absolute atomic E-state index is 0.317. The topological polar surface area (TPSA) is 78.4 Å². The van der Waals surface area contributed by atoms with E-state index in [9.17, 15) is 9.59 Å². The Morgan fingerprint density at radius 3 is 2.29 bits per heavy atom. The summed E-state index contributed by atoms with van der Waals surface area (Å²) in [5.74, 6) is -1.05. The largest absolute Gasteiger partial charge is 0.480 e. The molecule has 0 saturated carbocycles. The number of amides is 2. The van der Waals surface area contributed by atoms with Gasteiger partial charge in [0.2, 0.25) is 0 Å². The van der Waals surface area contributed by atoms with Crippen LogP contribution in [0.1, 0.15) is 34.1 Å². The molecule has 0 aliphatic heterocycles. The number of carbonyl (C=O) groups excluding carboxylic acids is 1. The number of carboxylic acids is 1. The summed E-state index contributed by atoms with van der Waals surface area (Å²) < 4.78 is 0. The lowest BCUT2D eigenvalue weighted by Gasteiger charge is -2.25. The zero-order valence-electron chi connectivity index (χ0n) is 9.05. The van der Waals surface area contributed by atoms with Gasteiger partial charge in [0.05, 0.1) is 0 Å². The van der Waals surface area contributed by atoms with Crippen molar-refractivity contribution in [3.63, 3.8) is 0 Å². The molecule has 0 aliphatic carbocycles. The van der Waals surface area contributed by atoms with E-state index in [1.54, 1.807) is 0 Å². The summed E-state index contributed by atoms with van der Waals surface area (Å²) in [5, 5.41) is 13.5. The van der Waals surface area contributed by atoms with Crippen molar-refractivity contribution in [2.24, 2.45) is 0 Å². The molecule has 0 spiro atoms. The van der Waals surface area contributed by atoms with Crippen molar-refractivity contribution in [2.75, 3.05) is 0 Å². The zero-order valence-corrected chi connectivity index (χ0v) is 9.05. The van der Waals surface area contributed by atoms with Crippen LogP contribution in [0.15, 0.2) is 0 Å². The van der Waals surface area contributed by atoms with Crippen LogP contribution in [0.2, 0.25) is 0 Å². The molecule has 2 amide bonds. The Bertz CT molecular complexity index is 226. The molecule has 0 fully saturated rings. The van der Waals surface area contributed by atoms with E-state index < -0.39 is 18.0 Å². The van der Waals surface area contributed by atoms with E-state index in [1.807, 2.05) is 20.8 Å². The summed E-state index contributed by atoms with van der Waals surface area (Å²) >= 11 is 0. The monoisotopic (exact) mass is 202 g/mol. The van der Waals surface area contributed by atoms with Gasteiger partial charge in [0, 0.05) is 5.54 Å². The zero-order chi connectivity index (χ0) is 11.4. The highest BCUT2D eigenvalue weighted by Gasteiger charge is 2.20. The van der Waals surface area contributed by atoms with Gasteiger partial charge >= 0.3 is 12.0 Å². The van der Waals surface area contributed by atoms with E-state index in [2.05, 4.69) is 10.6 Å². The van der Waals surface area contributed by atoms with Crippen LogP contribution in [0.3, 0.4) is 0 Å². The number of urea groups is 1. The molecule has 1 atom stereocenters. The Morgan fingerprint density at radius 2 is 1.93 bits per heavy atom. The first-order chi connectivity index (χ1) is 6.28. The fourth-order valence-electron chi connectivity index (χ4n) is 0.690. The summed E-state index contributed by atoms with van der Waals surface area (Å²) in [4.78, 5) is 21.7. The Morgan fingerprint density at radius 1 is 1.43 bits per heavy atom. The molecule has 0 saturated heterocycles. The molecule has 0 radical (unpaired) electrons. The van der Waals surface area contributed by atoms with E-state index >= 15 is 0 Å². The SMILES string of the molecule is CCC(C)(C)NC(=O)N[C@@H](C)C(=O)O. The number of aliphatic carboxylic acids is 1. The maximum atomic E-state index is 11.2. The number of carboxylic acid groups (broad SMARTS) is 1. The van der Waals surface area contributed by atoms with Crippen molar-refractivity contribution in [3.05, 3.63) is 0 Å². The molecular formula is C9H18N2O3. The third kappa shape index (κ3) is 4.69. The van der Waals surface area contributed by atoms with Gasteiger partial charge in [0.25, 0.3) is 0 Å². The molecule has 0 bridgehead atoms. The first kappa shape index (κ1) is 12.7. The number of hydrogen-bond donors (Lipinski definition) is 3. The van der Waals surface area contributed by atoms with Gasteiger partial charge in [0.1, 0.15) is 6.04 Å². The first-order valence-electron chi connectivity index (χ1n) is 4.60. The Labute approximate surface area is 83.9 Å². The second-order valence-corrected chi connectivity index (χ2v) is 3.90. The predicted molar refractivity (Wildman–Crippen MR) is 53.1 cm³/mol. The molecule has 5 nitrogen and oxygen atoms in total. The van der Waals surface area contributed by atoms with Crippen molar-refractivity contribution in [1.29, 1.82) is 0 Å². The molecule has 3 N–H and O–H groups in total. The number of nitrogens with one attached hydrogen (secondary N) is 2. The third-order valence-corrected chi connectivity index (χ3v) is 2.05. The highest BCUT2D eigenvalue weighted by Crippen LogP contribution is 2.05. The van der Waals surface area contributed by atoms with Gasteiger partial charge in [-0.2, -0.15) is 0 Å². The molecule has 0 aliphatic rings. The van der Waals surface area contributed by atoms with Gasteiger partial charge in [-0.3, -0.25) is 4.79 Å². The van der Waals surface area contributed by atoms with Gasteiger partial charge < -0.3 is 15.7 Å². The van der Waals surface area contributed by atoms with Crippen LogP contribution >= 0.6 is 0 Å². The van der Waals surface area contributed by atoms with Crippen molar-refractivity contribution >= 4 is 12.0 Å². The average Bonchev–Trinajstić information content (AvgIpc) is 2.02. The molecule has 0 aromatic heterocycles. The Balaban J connectivity index is 4.05. The highest BCUT2D eigenvalue weighted by atomic mass is 16.4. The van der Waals surface area contributed by atoms with Crippen LogP contribution < -0.4 is 10.6 Å². The average molecular weight is 202 g/mol. The smallest absolute Gasteiger partial charge is 0.325 e. The van der Waals surface area contributed by atoms with Crippen LogP contribution in [-0.2, 0) is 4.79 Å². The van der Waals surface area contributed by atoms with E-state index in [-0.39, 0.29) is 5.54 Å². The highest BCUT2D eigenvalue weighted by molar-refractivity contribution is 5.82.